The Kier molecular flexibility index (Phi) is 4.69. The second-order valence-electron chi connectivity index (χ2n) is 5.81. The van der Waals surface area contributed by atoms with Gasteiger partial charge in [0.1, 0.15) is 5.82 Å². The molecule has 2 aromatic rings. The fourth-order valence-corrected chi connectivity index (χ4v) is 4.01. The number of thiophene rings is 1. The van der Waals surface area contributed by atoms with Crippen LogP contribution in [0.4, 0.5) is 5.82 Å². The van der Waals surface area contributed by atoms with E-state index in [-0.39, 0.29) is 5.41 Å². The van der Waals surface area contributed by atoms with Crippen LogP contribution in [0.2, 0.25) is 0 Å². The third-order valence-corrected chi connectivity index (χ3v) is 4.89. The highest BCUT2D eigenvalue weighted by molar-refractivity contribution is 14.1. The minimum Gasteiger partial charge on any atom is -0.369 e. The maximum atomic E-state index is 4.84. The Morgan fingerprint density at radius 3 is 2.45 bits per heavy atom. The third-order valence-electron chi connectivity index (χ3n) is 3.00. The lowest BCUT2D eigenvalue weighted by Gasteiger charge is -2.22. The first-order chi connectivity index (χ1) is 9.34. The van der Waals surface area contributed by atoms with Crippen LogP contribution in [0, 0.1) is 10.5 Å². The maximum absolute atomic E-state index is 4.84. The molecule has 0 radical (unpaired) electrons. The Hall–Kier alpha value is -0.690. The molecule has 0 bridgehead atoms. The van der Waals surface area contributed by atoms with Crippen LogP contribution in [-0.2, 0) is 5.41 Å². The predicted octanol–water partition coefficient (Wildman–Crippen LogP) is 4.85. The second kappa shape index (κ2) is 5.97. The van der Waals surface area contributed by atoms with E-state index in [0.29, 0.717) is 0 Å². The first kappa shape index (κ1) is 15.7. The number of hydrogen-bond acceptors (Lipinski definition) is 4. The third kappa shape index (κ3) is 3.14. The molecule has 2 heterocycles. The van der Waals surface area contributed by atoms with Crippen LogP contribution in [0.3, 0.4) is 0 Å². The summed E-state index contributed by atoms with van der Waals surface area (Å²) >= 11 is 4.04. The van der Waals surface area contributed by atoms with Crippen LogP contribution in [0.25, 0.3) is 11.4 Å². The summed E-state index contributed by atoms with van der Waals surface area (Å²) in [5.74, 6) is 1.76. The molecular weight excluding hydrogens is 381 g/mol. The Morgan fingerprint density at radius 1 is 1.25 bits per heavy atom. The standard InChI is InChI=1S/C15H20IN3S/c1-6-17-14-11(16)12(15(3,4)5)18-13(19-14)10-8-20-7-9(10)2/h7-8H,6H2,1-5H3,(H,17,18,19). The molecule has 0 aliphatic carbocycles. The summed E-state index contributed by atoms with van der Waals surface area (Å²) in [5, 5.41) is 7.62. The van der Waals surface area contributed by atoms with E-state index in [9.17, 15) is 0 Å². The zero-order valence-corrected chi connectivity index (χ0v) is 15.5. The van der Waals surface area contributed by atoms with Gasteiger partial charge < -0.3 is 5.32 Å². The number of hydrogen-bond donors (Lipinski definition) is 1. The normalized spacial score (nSPS) is 11.7. The number of aryl methyl sites for hydroxylation is 1. The van der Waals surface area contributed by atoms with E-state index in [2.05, 4.69) is 73.3 Å². The summed E-state index contributed by atoms with van der Waals surface area (Å²) in [5.41, 5.74) is 3.47. The molecule has 0 fully saturated rings. The fourth-order valence-electron chi connectivity index (χ4n) is 1.94. The van der Waals surface area contributed by atoms with Crippen molar-refractivity contribution in [1.82, 2.24) is 9.97 Å². The smallest absolute Gasteiger partial charge is 0.162 e. The monoisotopic (exact) mass is 401 g/mol. The van der Waals surface area contributed by atoms with Crippen LogP contribution < -0.4 is 5.32 Å². The molecule has 0 amide bonds. The van der Waals surface area contributed by atoms with E-state index in [1.54, 1.807) is 11.3 Å². The van der Waals surface area contributed by atoms with Gasteiger partial charge in [-0.3, -0.25) is 0 Å². The zero-order valence-electron chi connectivity index (χ0n) is 12.5. The molecule has 20 heavy (non-hydrogen) atoms. The molecule has 3 nitrogen and oxygen atoms in total. The average Bonchev–Trinajstić information content (AvgIpc) is 2.77. The Balaban J connectivity index is 2.65. The molecule has 5 heteroatoms. The van der Waals surface area contributed by atoms with Crippen molar-refractivity contribution in [1.29, 1.82) is 0 Å². The Morgan fingerprint density at radius 2 is 1.95 bits per heavy atom. The topological polar surface area (TPSA) is 37.8 Å². The van der Waals surface area contributed by atoms with Gasteiger partial charge in [0, 0.05) is 22.9 Å². The van der Waals surface area contributed by atoms with E-state index < -0.39 is 0 Å². The lowest BCUT2D eigenvalue weighted by molar-refractivity contribution is 0.564. The molecule has 0 saturated heterocycles. The number of nitrogens with zero attached hydrogens (tertiary/aromatic N) is 2. The van der Waals surface area contributed by atoms with Gasteiger partial charge in [-0.05, 0) is 47.4 Å². The molecular formula is C15H20IN3S. The van der Waals surface area contributed by atoms with Crippen molar-refractivity contribution in [3.8, 4) is 11.4 Å². The largest absolute Gasteiger partial charge is 0.369 e. The number of nitrogens with one attached hydrogen (secondary N) is 1. The van der Waals surface area contributed by atoms with E-state index in [4.69, 9.17) is 9.97 Å². The molecule has 0 aliphatic rings. The van der Waals surface area contributed by atoms with Crippen molar-refractivity contribution in [3.63, 3.8) is 0 Å². The summed E-state index contributed by atoms with van der Waals surface area (Å²) in [6, 6.07) is 0. The minimum absolute atomic E-state index is 0.00229. The fraction of sp³-hybridized carbons (Fsp3) is 0.467. The highest BCUT2D eigenvalue weighted by atomic mass is 127. The van der Waals surface area contributed by atoms with Gasteiger partial charge in [-0.15, -0.1) is 0 Å². The van der Waals surface area contributed by atoms with Gasteiger partial charge >= 0.3 is 0 Å². The molecule has 2 rings (SSSR count). The highest BCUT2D eigenvalue weighted by Crippen LogP contribution is 2.33. The van der Waals surface area contributed by atoms with Gasteiger partial charge in [-0.2, -0.15) is 11.3 Å². The van der Waals surface area contributed by atoms with Crippen LogP contribution in [-0.4, -0.2) is 16.5 Å². The van der Waals surface area contributed by atoms with Gasteiger partial charge in [0.15, 0.2) is 5.82 Å². The number of aromatic nitrogens is 2. The molecule has 0 atom stereocenters. The highest BCUT2D eigenvalue weighted by Gasteiger charge is 2.23. The van der Waals surface area contributed by atoms with E-state index in [1.807, 2.05) is 0 Å². The van der Waals surface area contributed by atoms with Gasteiger partial charge in [-0.25, -0.2) is 9.97 Å². The summed E-state index contributed by atoms with van der Waals surface area (Å²) in [4.78, 5) is 9.55. The summed E-state index contributed by atoms with van der Waals surface area (Å²) in [6.45, 7) is 11.6. The van der Waals surface area contributed by atoms with Crippen molar-refractivity contribution in [2.45, 2.75) is 40.0 Å². The van der Waals surface area contributed by atoms with Crippen LogP contribution in [0.1, 0.15) is 39.0 Å². The van der Waals surface area contributed by atoms with Crippen LogP contribution in [0.5, 0.6) is 0 Å². The van der Waals surface area contributed by atoms with E-state index >= 15 is 0 Å². The first-order valence-electron chi connectivity index (χ1n) is 6.69. The summed E-state index contributed by atoms with van der Waals surface area (Å²) in [6.07, 6.45) is 0. The minimum atomic E-state index is 0.00229. The quantitative estimate of drug-likeness (QED) is 0.748. The SMILES string of the molecule is CCNc1nc(-c2cscc2C)nc(C(C)(C)C)c1I. The molecule has 2 aromatic heterocycles. The van der Waals surface area contributed by atoms with Crippen molar-refractivity contribution in [2.75, 3.05) is 11.9 Å². The summed E-state index contributed by atoms with van der Waals surface area (Å²) in [7, 11) is 0. The molecule has 0 saturated carbocycles. The number of rotatable bonds is 3. The molecule has 1 N–H and O–H groups in total. The average molecular weight is 401 g/mol. The van der Waals surface area contributed by atoms with Crippen molar-refractivity contribution in [3.05, 3.63) is 25.6 Å². The van der Waals surface area contributed by atoms with Crippen LogP contribution in [0.15, 0.2) is 10.8 Å². The van der Waals surface area contributed by atoms with Crippen molar-refractivity contribution < 1.29 is 0 Å². The predicted molar refractivity (Wildman–Crippen MR) is 95.7 cm³/mol. The summed E-state index contributed by atoms with van der Waals surface area (Å²) < 4.78 is 1.12. The van der Waals surface area contributed by atoms with E-state index in [1.165, 1.54) is 5.56 Å². The van der Waals surface area contributed by atoms with Crippen LogP contribution >= 0.6 is 33.9 Å². The Labute approximate surface area is 138 Å². The lowest BCUT2D eigenvalue weighted by Crippen LogP contribution is -2.19. The molecule has 108 valence electrons. The van der Waals surface area contributed by atoms with Gasteiger partial charge in [0.2, 0.25) is 0 Å². The number of halogens is 1. The first-order valence-corrected chi connectivity index (χ1v) is 8.71. The molecule has 0 unspecified atom stereocenters. The number of anilines is 1. The van der Waals surface area contributed by atoms with Gasteiger partial charge in [0.05, 0.1) is 9.26 Å². The molecule has 0 aromatic carbocycles. The van der Waals surface area contributed by atoms with E-state index in [0.717, 1.165) is 33.0 Å². The Bertz CT molecular complexity index is 614. The maximum Gasteiger partial charge on any atom is 0.162 e. The van der Waals surface area contributed by atoms with Crippen molar-refractivity contribution in [2.24, 2.45) is 0 Å². The van der Waals surface area contributed by atoms with Gasteiger partial charge in [0.25, 0.3) is 0 Å². The molecule has 0 spiro atoms. The zero-order chi connectivity index (χ0) is 14.9. The van der Waals surface area contributed by atoms with Gasteiger partial charge in [-0.1, -0.05) is 20.8 Å². The van der Waals surface area contributed by atoms with Crippen molar-refractivity contribution >= 4 is 39.7 Å². The molecule has 0 aliphatic heterocycles. The lowest BCUT2D eigenvalue weighted by atomic mass is 9.91. The second-order valence-corrected chi connectivity index (χ2v) is 7.63.